The number of epoxide rings is 1. The van der Waals surface area contributed by atoms with Crippen molar-refractivity contribution in [2.45, 2.75) is 82.2 Å². The molecule has 1 N–H and O–H groups in total. The first-order chi connectivity index (χ1) is 11.5. The van der Waals surface area contributed by atoms with Crippen LogP contribution in [-0.4, -0.2) is 39.8 Å². The van der Waals surface area contributed by atoms with E-state index in [1.165, 1.54) is 0 Å². The molecule has 1 aliphatic carbocycles. The molecule has 0 amide bonds. The van der Waals surface area contributed by atoms with Gasteiger partial charge in [0.15, 0.2) is 11.4 Å². The zero-order valence-corrected chi connectivity index (χ0v) is 15.3. The quantitative estimate of drug-likeness (QED) is 0.315. The molecule has 0 aromatic rings. The highest BCUT2D eigenvalue weighted by Gasteiger charge is 2.53. The van der Waals surface area contributed by atoms with Gasteiger partial charge in [-0.1, -0.05) is 18.7 Å². The fraction of sp³-hybridized carbons (Fsp3) is 0.700. The van der Waals surface area contributed by atoms with Crippen LogP contribution in [0.3, 0.4) is 0 Å². The van der Waals surface area contributed by atoms with Crippen LogP contribution in [0.1, 0.15) is 59.3 Å². The number of hydrogen-bond acceptors (Lipinski definition) is 5. The van der Waals surface area contributed by atoms with Crippen molar-refractivity contribution in [1.29, 1.82) is 0 Å². The van der Waals surface area contributed by atoms with E-state index in [2.05, 4.69) is 6.58 Å². The van der Waals surface area contributed by atoms with Crippen molar-refractivity contribution in [3.63, 3.8) is 0 Å². The fourth-order valence-electron chi connectivity index (χ4n) is 3.86. The van der Waals surface area contributed by atoms with Crippen LogP contribution < -0.4 is 0 Å². The molecule has 5 atom stereocenters. The molecule has 3 aliphatic rings. The second-order valence-electron chi connectivity index (χ2n) is 8.42. The number of rotatable bonds is 0. The first kappa shape index (κ1) is 18.3. The molecule has 0 unspecified atom stereocenters. The van der Waals surface area contributed by atoms with Crippen LogP contribution in [0.15, 0.2) is 24.3 Å². The Bertz CT molecular complexity index is 634. The zero-order chi connectivity index (χ0) is 18.5. The number of carbonyl (C=O) groups excluding carboxylic acids is 2. The van der Waals surface area contributed by atoms with E-state index >= 15 is 0 Å². The lowest BCUT2D eigenvalue weighted by Gasteiger charge is -2.28. The van der Waals surface area contributed by atoms with Crippen LogP contribution in [0, 0.1) is 5.92 Å². The van der Waals surface area contributed by atoms with Gasteiger partial charge in [-0.2, -0.15) is 0 Å². The summed E-state index contributed by atoms with van der Waals surface area (Å²) in [5.74, 6) is -0.656. The van der Waals surface area contributed by atoms with Crippen LogP contribution in [-0.2, 0) is 19.1 Å². The van der Waals surface area contributed by atoms with E-state index in [0.29, 0.717) is 37.7 Å². The average Bonchev–Trinajstić information content (AvgIpc) is 3.18. The Hall–Kier alpha value is -1.46. The minimum absolute atomic E-state index is 0.0241. The highest BCUT2D eigenvalue weighted by Crippen LogP contribution is 2.46. The minimum atomic E-state index is -1.15. The van der Waals surface area contributed by atoms with Gasteiger partial charge in [-0.15, -0.1) is 0 Å². The summed E-state index contributed by atoms with van der Waals surface area (Å²) in [6, 6.07) is 0. The summed E-state index contributed by atoms with van der Waals surface area (Å²) in [4.78, 5) is 25.1. The maximum absolute atomic E-state index is 12.7. The summed E-state index contributed by atoms with van der Waals surface area (Å²) in [5, 5.41) is 10.5. The predicted octanol–water partition coefficient (Wildman–Crippen LogP) is 2.86. The number of fused-ring (bicyclic) bond motifs is 4. The summed E-state index contributed by atoms with van der Waals surface area (Å²) in [6.45, 7) is 9.34. The molecule has 5 nitrogen and oxygen atoms in total. The Morgan fingerprint density at radius 3 is 2.68 bits per heavy atom. The largest absolute Gasteiger partial charge is 0.448 e. The first-order valence-electron chi connectivity index (χ1n) is 9.08. The third kappa shape index (κ3) is 3.72. The second kappa shape index (κ2) is 6.06. The van der Waals surface area contributed by atoms with E-state index in [-0.39, 0.29) is 29.8 Å². The molecule has 2 heterocycles. The Balaban J connectivity index is 1.89. The van der Waals surface area contributed by atoms with Gasteiger partial charge < -0.3 is 14.6 Å². The highest BCUT2D eigenvalue weighted by atomic mass is 16.6. The van der Waals surface area contributed by atoms with Crippen molar-refractivity contribution in [3.05, 3.63) is 24.3 Å². The van der Waals surface area contributed by atoms with E-state index in [0.717, 1.165) is 0 Å². The zero-order valence-electron chi connectivity index (χ0n) is 15.3. The molecule has 25 heavy (non-hydrogen) atoms. The smallest absolute Gasteiger partial charge is 0.334 e. The first-order valence-corrected chi connectivity index (χ1v) is 9.08. The second-order valence-corrected chi connectivity index (χ2v) is 8.42. The molecule has 2 aliphatic heterocycles. The molecule has 0 aromatic carbocycles. The van der Waals surface area contributed by atoms with Gasteiger partial charge in [0.1, 0.15) is 0 Å². The van der Waals surface area contributed by atoms with Crippen molar-refractivity contribution >= 4 is 11.8 Å². The maximum atomic E-state index is 12.7. The Kier molecular flexibility index (Phi) is 4.44. The Morgan fingerprint density at radius 1 is 1.24 bits per heavy atom. The van der Waals surface area contributed by atoms with Crippen molar-refractivity contribution in [2.75, 3.05) is 0 Å². The fourth-order valence-corrected chi connectivity index (χ4v) is 3.86. The average molecular weight is 348 g/mol. The molecule has 138 valence electrons. The molecular weight excluding hydrogens is 320 g/mol. The number of ketones is 1. The maximum Gasteiger partial charge on any atom is 0.334 e. The standard InChI is InChI=1S/C20H28O5/c1-13-14-6-11-19(3,25-17(13)22)15(21)7-10-18(2,23)8-5-9-20(4)16(12-14)24-20/h5,8,14,16,23H,1,6-7,9-12H2,2-4H3/t14-,16+,18+,19-,20+/m1/s1. The lowest BCUT2D eigenvalue weighted by atomic mass is 9.82. The van der Waals surface area contributed by atoms with Crippen molar-refractivity contribution in [1.82, 2.24) is 0 Å². The van der Waals surface area contributed by atoms with Crippen LogP contribution in [0.4, 0.5) is 0 Å². The molecule has 2 bridgehead atoms. The molecule has 0 spiro atoms. The van der Waals surface area contributed by atoms with Gasteiger partial charge in [-0.3, -0.25) is 4.79 Å². The van der Waals surface area contributed by atoms with Gasteiger partial charge in [-0.25, -0.2) is 4.79 Å². The molecule has 0 radical (unpaired) electrons. The van der Waals surface area contributed by atoms with Gasteiger partial charge in [0.05, 0.1) is 17.3 Å². The Morgan fingerprint density at radius 2 is 1.96 bits per heavy atom. The van der Waals surface area contributed by atoms with Gasteiger partial charge in [0, 0.05) is 12.0 Å². The van der Waals surface area contributed by atoms with Crippen molar-refractivity contribution < 1.29 is 24.2 Å². The van der Waals surface area contributed by atoms with E-state index < -0.39 is 17.2 Å². The molecule has 2 saturated heterocycles. The van der Waals surface area contributed by atoms with Gasteiger partial charge >= 0.3 is 5.97 Å². The lowest BCUT2D eigenvalue weighted by molar-refractivity contribution is -0.162. The summed E-state index contributed by atoms with van der Waals surface area (Å²) >= 11 is 0. The van der Waals surface area contributed by atoms with Gasteiger partial charge in [0.2, 0.25) is 0 Å². The number of ether oxygens (including phenoxy) is 2. The molecule has 3 rings (SSSR count). The van der Waals surface area contributed by atoms with Gasteiger partial charge in [-0.05, 0) is 58.8 Å². The predicted molar refractivity (Wildman–Crippen MR) is 92.9 cm³/mol. The van der Waals surface area contributed by atoms with Gasteiger partial charge in [0.25, 0.3) is 0 Å². The van der Waals surface area contributed by atoms with Crippen LogP contribution >= 0.6 is 0 Å². The van der Waals surface area contributed by atoms with Crippen LogP contribution in [0.2, 0.25) is 0 Å². The number of hydrogen-bond donors (Lipinski definition) is 1. The molecule has 5 heteroatoms. The van der Waals surface area contributed by atoms with E-state index in [1.807, 2.05) is 13.0 Å². The number of carbonyl (C=O) groups is 2. The molecular formula is C20H28O5. The molecule has 0 saturated carbocycles. The van der Waals surface area contributed by atoms with Crippen molar-refractivity contribution in [3.8, 4) is 0 Å². The summed E-state index contributed by atoms with van der Waals surface area (Å²) in [6.07, 6.45) is 6.74. The number of esters is 1. The third-order valence-electron chi connectivity index (χ3n) is 6.02. The van der Waals surface area contributed by atoms with E-state index in [9.17, 15) is 14.7 Å². The topological polar surface area (TPSA) is 76.1 Å². The molecule has 2 fully saturated rings. The summed E-state index contributed by atoms with van der Waals surface area (Å²) in [7, 11) is 0. The molecule has 0 aromatic heterocycles. The van der Waals surface area contributed by atoms with E-state index in [1.54, 1.807) is 19.9 Å². The minimum Gasteiger partial charge on any atom is -0.448 e. The van der Waals surface area contributed by atoms with E-state index in [4.69, 9.17) is 9.47 Å². The Labute approximate surface area is 149 Å². The summed E-state index contributed by atoms with van der Waals surface area (Å²) < 4.78 is 11.4. The SMILES string of the molecule is C=C1C(=O)O[C@]2(C)CC[C@@H]1C[C@@H]1O[C@@]1(C)CC=C[C@](C)(O)CCC2=O. The number of aliphatic hydroxyl groups is 1. The van der Waals surface area contributed by atoms with Crippen molar-refractivity contribution in [2.24, 2.45) is 5.92 Å². The normalized spacial score (nSPS) is 45.4. The summed E-state index contributed by atoms with van der Waals surface area (Å²) in [5.41, 5.74) is -2.04. The van der Waals surface area contributed by atoms with Crippen LogP contribution in [0.5, 0.6) is 0 Å². The lowest BCUT2D eigenvalue weighted by Crippen LogP contribution is -2.40. The monoisotopic (exact) mass is 348 g/mol. The van der Waals surface area contributed by atoms with Crippen LogP contribution in [0.25, 0.3) is 0 Å². The third-order valence-corrected chi connectivity index (χ3v) is 6.02. The highest BCUT2D eigenvalue weighted by molar-refractivity contribution is 5.94. The number of Topliss-reactive ketones (excluding diaryl/α,β-unsaturated/α-hetero) is 1.